The fraction of sp³-hybridized carbons (Fsp3) is 0.600. The molecule has 1 unspecified atom stereocenters. The van der Waals surface area contributed by atoms with E-state index in [1.165, 1.54) is 0 Å². The molecule has 0 spiro atoms. The Hall–Kier alpha value is -2.04. The molecule has 0 saturated carbocycles. The van der Waals surface area contributed by atoms with E-state index in [9.17, 15) is 29.4 Å². The number of nitrogens with two attached hydrogens (primary N) is 2. The van der Waals surface area contributed by atoms with Crippen LogP contribution in [-0.4, -0.2) is 46.9 Å². The second kappa shape index (κ2) is 13.4. The van der Waals surface area contributed by atoms with Crippen molar-refractivity contribution in [1.82, 2.24) is 0 Å². The Balaban J connectivity index is -0.000000277. The van der Waals surface area contributed by atoms with Gasteiger partial charge in [-0.15, -0.1) is 0 Å². The summed E-state index contributed by atoms with van der Waals surface area (Å²) < 4.78 is 0. The average molecular weight is 294 g/mol. The van der Waals surface area contributed by atoms with Crippen LogP contribution in [0, 0.1) is 0 Å². The minimum Gasteiger partial charge on any atom is -0.550 e. The third-order valence-electron chi connectivity index (χ3n) is 1.82. The lowest BCUT2D eigenvalue weighted by molar-refractivity contribution is -0.306. The lowest BCUT2D eigenvalue weighted by atomic mass is 10.2. The third-order valence-corrected chi connectivity index (χ3v) is 1.82. The number of rotatable bonds is 8. The van der Waals surface area contributed by atoms with Gasteiger partial charge in [0.25, 0.3) is 0 Å². The van der Waals surface area contributed by atoms with Crippen molar-refractivity contribution in [2.75, 3.05) is 6.54 Å². The molecular formula is C10H18N2O8-2. The van der Waals surface area contributed by atoms with Crippen LogP contribution in [0.3, 0.4) is 0 Å². The zero-order valence-electron chi connectivity index (χ0n) is 10.7. The summed E-state index contributed by atoms with van der Waals surface area (Å²) in [6.07, 6.45) is -0.00319. The first-order valence-corrected chi connectivity index (χ1v) is 5.34. The fourth-order valence-corrected chi connectivity index (χ4v) is 0.779. The summed E-state index contributed by atoms with van der Waals surface area (Å²) in [6, 6.07) is -0.742. The molecule has 0 aromatic rings. The first-order valence-electron chi connectivity index (χ1n) is 5.34. The zero-order chi connectivity index (χ0) is 15.4. The van der Waals surface area contributed by atoms with E-state index in [1.807, 2.05) is 0 Å². The summed E-state index contributed by atoms with van der Waals surface area (Å²) in [5.74, 6) is -5.48. The van der Waals surface area contributed by atoms with Crippen molar-refractivity contribution < 1.29 is 40.0 Å². The third kappa shape index (κ3) is 16.0. The number of hydrogen-bond donors (Lipinski definition) is 3. The highest BCUT2D eigenvalue weighted by atomic mass is 16.4. The van der Waals surface area contributed by atoms with Gasteiger partial charge < -0.3 is 41.9 Å². The molecule has 0 aromatic heterocycles. The van der Waals surface area contributed by atoms with Crippen molar-refractivity contribution in [3.8, 4) is 0 Å². The topological polar surface area (TPSA) is 218 Å². The quantitative estimate of drug-likeness (QED) is 0.365. The monoisotopic (exact) mass is 294 g/mol. The highest BCUT2D eigenvalue weighted by Gasteiger charge is 2.08. The largest absolute Gasteiger partial charge is 0.550 e. The molecule has 0 saturated heterocycles. The van der Waals surface area contributed by atoms with Crippen LogP contribution in [0.15, 0.2) is 0 Å². The summed E-state index contributed by atoms with van der Waals surface area (Å²) in [6.45, 7) is 0.501. The maximum Gasteiger partial charge on any atom is 0.320 e. The molecule has 118 valence electrons. The lowest BCUT2D eigenvalue weighted by Crippen LogP contribution is -2.33. The van der Waals surface area contributed by atoms with Gasteiger partial charge in [0.15, 0.2) is 5.78 Å². The molecule has 0 rings (SSSR count). The SMILES string of the molecule is NCCCC(N)C(=O)O.O.O=C([O-])CCC(=O)C(=O)[O-]. The molecule has 0 aliphatic rings. The van der Waals surface area contributed by atoms with Gasteiger partial charge in [0.2, 0.25) is 0 Å². The van der Waals surface area contributed by atoms with Gasteiger partial charge in [-0.25, -0.2) is 0 Å². The van der Waals surface area contributed by atoms with E-state index in [4.69, 9.17) is 16.6 Å². The Bertz CT molecular complexity index is 331. The molecule has 7 N–H and O–H groups in total. The van der Waals surface area contributed by atoms with Crippen LogP contribution >= 0.6 is 0 Å². The molecule has 0 fully saturated rings. The van der Waals surface area contributed by atoms with E-state index >= 15 is 0 Å². The molecule has 0 aliphatic carbocycles. The van der Waals surface area contributed by atoms with Crippen LogP contribution in [0.25, 0.3) is 0 Å². The van der Waals surface area contributed by atoms with E-state index in [0.29, 0.717) is 19.4 Å². The number of ketones is 1. The van der Waals surface area contributed by atoms with Gasteiger partial charge in [-0.2, -0.15) is 0 Å². The molecule has 0 radical (unpaired) electrons. The predicted molar refractivity (Wildman–Crippen MR) is 61.8 cm³/mol. The van der Waals surface area contributed by atoms with E-state index in [2.05, 4.69) is 0 Å². The summed E-state index contributed by atoms with van der Waals surface area (Å²) in [5.41, 5.74) is 10.3. The number of Topliss-reactive ketones (excluding diaryl/α,β-unsaturated/α-hetero) is 1. The number of aliphatic carboxylic acids is 3. The van der Waals surface area contributed by atoms with Crippen molar-refractivity contribution in [2.24, 2.45) is 11.5 Å². The summed E-state index contributed by atoms with van der Waals surface area (Å²) in [7, 11) is 0. The highest BCUT2D eigenvalue weighted by Crippen LogP contribution is 1.91. The summed E-state index contributed by atoms with van der Waals surface area (Å²) >= 11 is 0. The lowest BCUT2D eigenvalue weighted by Gasteiger charge is -2.02. The van der Waals surface area contributed by atoms with Crippen LogP contribution in [0.1, 0.15) is 25.7 Å². The van der Waals surface area contributed by atoms with E-state index in [-0.39, 0.29) is 5.48 Å². The minimum atomic E-state index is -1.86. The molecule has 0 aliphatic heterocycles. The van der Waals surface area contributed by atoms with Crippen LogP contribution in [0.5, 0.6) is 0 Å². The van der Waals surface area contributed by atoms with Gasteiger partial charge >= 0.3 is 5.97 Å². The van der Waals surface area contributed by atoms with Gasteiger partial charge in [-0.1, -0.05) is 0 Å². The first-order chi connectivity index (χ1) is 8.72. The second-order valence-corrected chi connectivity index (χ2v) is 3.46. The Morgan fingerprint density at radius 2 is 1.60 bits per heavy atom. The van der Waals surface area contributed by atoms with Gasteiger partial charge in [0.05, 0.1) is 0 Å². The maximum absolute atomic E-state index is 10.1. The zero-order valence-corrected chi connectivity index (χ0v) is 10.7. The Morgan fingerprint density at radius 1 is 1.10 bits per heavy atom. The molecule has 10 nitrogen and oxygen atoms in total. The Morgan fingerprint density at radius 3 is 1.90 bits per heavy atom. The molecule has 20 heavy (non-hydrogen) atoms. The number of carbonyl (C=O) groups excluding carboxylic acids is 3. The molecule has 1 atom stereocenters. The molecule has 0 amide bonds. The Labute approximate surface area is 114 Å². The number of hydrogen-bond acceptors (Lipinski definition) is 8. The fourth-order valence-electron chi connectivity index (χ4n) is 0.779. The number of carboxylic acids is 3. The van der Waals surface area contributed by atoms with Crippen molar-refractivity contribution >= 4 is 23.7 Å². The smallest absolute Gasteiger partial charge is 0.320 e. The molecule has 0 aromatic carbocycles. The highest BCUT2D eigenvalue weighted by molar-refractivity contribution is 6.31. The average Bonchev–Trinajstić information content (AvgIpc) is 2.33. The van der Waals surface area contributed by atoms with Crippen molar-refractivity contribution in [2.45, 2.75) is 31.7 Å². The second-order valence-electron chi connectivity index (χ2n) is 3.46. The van der Waals surface area contributed by atoms with Crippen LogP contribution < -0.4 is 21.7 Å². The summed E-state index contributed by atoms with van der Waals surface area (Å²) in [5, 5.41) is 27.5. The van der Waals surface area contributed by atoms with Gasteiger partial charge in [-0.05, 0) is 25.8 Å². The van der Waals surface area contributed by atoms with E-state index in [0.717, 1.165) is 0 Å². The molecular weight excluding hydrogens is 276 g/mol. The number of carboxylic acid groups (broad SMARTS) is 3. The molecule has 0 bridgehead atoms. The van der Waals surface area contributed by atoms with E-state index < -0.39 is 42.6 Å². The minimum absolute atomic E-state index is 0. The summed E-state index contributed by atoms with van der Waals surface area (Å²) in [4.78, 5) is 39.4. The van der Waals surface area contributed by atoms with Crippen LogP contribution in [0.4, 0.5) is 0 Å². The van der Waals surface area contributed by atoms with E-state index in [1.54, 1.807) is 0 Å². The van der Waals surface area contributed by atoms with Gasteiger partial charge in [0.1, 0.15) is 12.0 Å². The van der Waals surface area contributed by atoms with Gasteiger partial charge in [-0.3, -0.25) is 9.59 Å². The standard InChI is InChI=1S/C5H12N2O2.C5H6O5.H2O/c6-3-1-2-4(7)5(8)9;6-3(5(9)10)1-2-4(7)8;/h4H,1-3,6-7H2,(H,8,9);1-2H2,(H,7,8)(H,9,10);1H2/p-2. The molecule has 0 heterocycles. The maximum atomic E-state index is 10.1. The van der Waals surface area contributed by atoms with Crippen molar-refractivity contribution in [1.29, 1.82) is 0 Å². The first kappa shape index (κ1) is 23.1. The van der Waals surface area contributed by atoms with Crippen LogP contribution in [-0.2, 0) is 19.2 Å². The Kier molecular flexibility index (Phi) is 15.5. The number of carbonyl (C=O) groups is 4. The van der Waals surface area contributed by atoms with Crippen molar-refractivity contribution in [3.63, 3.8) is 0 Å². The van der Waals surface area contributed by atoms with Crippen molar-refractivity contribution in [3.05, 3.63) is 0 Å². The van der Waals surface area contributed by atoms with Gasteiger partial charge in [0, 0.05) is 12.4 Å². The normalized spacial score (nSPS) is 10.3. The molecule has 10 heteroatoms. The predicted octanol–water partition coefficient (Wildman–Crippen LogP) is -4.85. The van der Waals surface area contributed by atoms with Crippen LogP contribution in [0.2, 0.25) is 0 Å².